The normalized spacial score (nSPS) is 13.5. The molecule has 1 atom stereocenters. The molecule has 0 fully saturated rings. The third-order valence-corrected chi connectivity index (χ3v) is 2.13. The summed E-state index contributed by atoms with van der Waals surface area (Å²) in [6.07, 6.45) is 4.12. The number of hydrogen-bond donors (Lipinski definition) is 1. The smallest absolute Gasteiger partial charge is 0.0828 e. The minimum atomic E-state index is -0.211. The Morgan fingerprint density at radius 1 is 1.50 bits per heavy atom. The number of rotatable bonds is 5. The molecular weight excluding hydrogens is 178 g/mol. The first kappa shape index (κ1) is 11.2. The molecule has 0 aliphatic carbocycles. The summed E-state index contributed by atoms with van der Waals surface area (Å²) in [4.78, 5) is 0. The van der Waals surface area contributed by atoms with Gasteiger partial charge in [-0.25, -0.2) is 0 Å². The third-order valence-electron chi connectivity index (χ3n) is 2.13. The Morgan fingerprint density at radius 3 is 2.71 bits per heavy atom. The van der Waals surface area contributed by atoms with Gasteiger partial charge in [0.05, 0.1) is 11.8 Å². The molecule has 1 rings (SSSR count). The van der Waals surface area contributed by atoms with Crippen molar-refractivity contribution in [1.29, 1.82) is 0 Å². The first-order chi connectivity index (χ1) is 6.58. The standard InChI is InChI=1S/C10H19N3O/c1-8(2)6-10(14)5-4-9-7-13(3)12-11-9/h7-8,10,14H,4-6H2,1-3H3. The van der Waals surface area contributed by atoms with Crippen LogP contribution in [0.2, 0.25) is 0 Å². The van der Waals surface area contributed by atoms with Crippen molar-refractivity contribution in [3.63, 3.8) is 0 Å². The molecule has 1 aromatic heterocycles. The maximum atomic E-state index is 9.63. The zero-order chi connectivity index (χ0) is 10.6. The average Bonchev–Trinajstić information content (AvgIpc) is 2.47. The van der Waals surface area contributed by atoms with Crippen molar-refractivity contribution >= 4 is 0 Å². The molecule has 1 unspecified atom stereocenters. The Morgan fingerprint density at radius 2 is 2.21 bits per heavy atom. The predicted molar refractivity (Wildman–Crippen MR) is 54.8 cm³/mol. The number of aliphatic hydroxyl groups is 1. The van der Waals surface area contributed by atoms with E-state index in [-0.39, 0.29) is 6.10 Å². The fraction of sp³-hybridized carbons (Fsp3) is 0.800. The van der Waals surface area contributed by atoms with Crippen LogP contribution < -0.4 is 0 Å². The van der Waals surface area contributed by atoms with Gasteiger partial charge in [-0.2, -0.15) is 0 Å². The average molecular weight is 197 g/mol. The molecule has 4 nitrogen and oxygen atoms in total. The van der Waals surface area contributed by atoms with E-state index in [4.69, 9.17) is 0 Å². The Bertz CT molecular complexity index is 270. The molecule has 1 heterocycles. The number of aliphatic hydroxyl groups excluding tert-OH is 1. The lowest BCUT2D eigenvalue weighted by molar-refractivity contribution is 0.139. The summed E-state index contributed by atoms with van der Waals surface area (Å²) in [7, 11) is 1.85. The van der Waals surface area contributed by atoms with Gasteiger partial charge in [-0.05, 0) is 25.2 Å². The predicted octanol–water partition coefficient (Wildman–Crippen LogP) is 1.15. The van der Waals surface area contributed by atoms with Gasteiger partial charge < -0.3 is 5.11 Å². The maximum Gasteiger partial charge on any atom is 0.0828 e. The fourth-order valence-corrected chi connectivity index (χ4v) is 1.49. The van der Waals surface area contributed by atoms with E-state index < -0.39 is 0 Å². The quantitative estimate of drug-likeness (QED) is 0.770. The Hall–Kier alpha value is -0.900. The Balaban J connectivity index is 2.26. The van der Waals surface area contributed by atoms with Crippen LogP contribution in [0.1, 0.15) is 32.4 Å². The van der Waals surface area contributed by atoms with Crippen molar-refractivity contribution in [3.05, 3.63) is 11.9 Å². The molecule has 0 aliphatic heterocycles. The van der Waals surface area contributed by atoms with Crippen molar-refractivity contribution in [2.24, 2.45) is 13.0 Å². The van der Waals surface area contributed by atoms with Crippen LogP contribution >= 0.6 is 0 Å². The molecule has 1 aromatic rings. The number of hydrogen-bond acceptors (Lipinski definition) is 3. The Labute approximate surface area is 84.9 Å². The van der Waals surface area contributed by atoms with Crippen LogP contribution in [0, 0.1) is 5.92 Å². The lowest BCUT2D eigenvalue weighted by Crippen LogP contribution is -2.11. The van der Waals surface area contributed by atoms with E-state index in [9.17, 15) is 5.11 Å². The first-order valence-electron chi connectivity index (χ1n) is 5.11. The second-order valence-corrected chi connectivity index (χ2v) is 4.21. The van der Waals surface area contributed by atoms with Gasteiger partial charge in [0.15, 0.2) is 0 Å². The van der Waals surface area contributed by atoms with Gasteiger partial charge in [0.2, 0.25) is 0 Å². The van der Waals surface area contributed by atoms with Gasteiger partial charge >= 0.3 is 0 Å². The summed E-state index contributed by atoms with van der Waals surface area (Å²) in [5.74, 6) is 0.548. The van der Waals surface area contributed by atoms with Crippen LogP contribution in [0.15, 0.2) is 6.20 Å². The highest BCUT2D eigenvalue weighted by atomic mass is 16.3. The highest BCUT2D eigenvalue weighted by Gasteiger charge is 2.08. The highest BCUT2D eigenvalue weighted by Crippen LogP contribution is 2.09. The van der Waals surface area contributed by atoms with E-state index >= 15 is 0 Å². The van der Waals surface area contributed by atoms with Crippen LogP contribution in [0.25, 0.3) is 0 Å². The van der Waals surface area contributed by atoms with Crippen LogP contribution in [-0.2, 0) is 13.5 Å². The molecule has 0 saturated heterocycles. The third kappa shape index (κ3) is 3.87. The zero-order valence-corrected chi connectivity index (χ0v) is 9.14. The summed E-state index contributed by atoms with van der Waals surface area (Å²) < 4.78 is 1.68. The molecule has 0 saturated carbocycles. The highest BCUT2D eigenvalue weighted by molar-refractivity contribution is 4.92. The number of aromatic nitrogens is 3. The van der Waals surface area contributed by atoms with E-state index in [1.54, 1.807) is 4.68 Å². The van der Waals surface area contributed by atoms with E-state index in [1.807, 2.05) is 13.2 Å². The largest absolute Gasteiger partial charge is 0.393 e. The SMILES string of the molecule is CC(C)CC(O)CCc1cn(C)nn1. The van der Waals surface area contributed by atoms with E-state index in [0.717, 1.165) is 25.0 Å². The van der Waals surface area contributed by atoms with Crippen molar-refractivity contribution in [3.8, 4) is 0 Å². The van der Waals surface area contributed by atoms with Crippen LogP contribution in [0.3, 0.4) is 0 Å². The zero-order valence-electron chi connectivity index (χ0n) is 9.14. The van der Waals surface area contributed by atoms with Gasteiger partial charge in [0.25, 0.3) is 0 Å². The van der Waals surface area contributed by atoms with E-state index in [1.165, 1.54) is 0 Å². The van der Waals surface area contributed by atoms with Crippen molar-refractivity contribution in [2.75, 3.05) is 0 Å². The summed E-state index contributed by atoms with van der Waals surface area (Å²) in [6, 6.07) is 0. The van der Waals surface area contributed by atoms with Gasteiger partial charge in [0, 0.05) is 13.2 Å². The van der Waals surface area contributed by atoms with E-state index in [2.05, 4.69) is 24.2 Å². The van der Waals surface area contributed by atoms with Crippen LogP contribution in [0.4, 0.5) is 0 Å². The van der Waals surface area contributed by atoms with Gasteiger partial charge in [-0.15, -0.1) is 5.10 Å². The van der Waals surface area contributed by atoms with Crippen molar-refractivity contribution < 1.29 is 5.11 Å². The summed E-state index contributed by atoms with van der Waals surface area (Å²) >= 11 is 0. The molecule has 0 bridgehead atoms. The minimum Gasteiger partial charge on any atom is -0.393 e. The summed E-state index contributed by atoms with van der Waals surface area (Å²) in [5, 5.41) is 17.4. The van der Waals surface area contributed by atoms with Crippen LogP contribution in [0.5, 0.6) is 0 Å². The van der Waals surface area contributed by atoms with Crippen LogP contribution in [-0.4, -0.2) is 26.2 Å². The topological polar surface area (TPSA) is 50.9 Å². The molecule has 1 N–H and O–H groups in total. The maximum absolute atomic E-state index is 9.63. The second kappa shape index (κ2) is 5.10. The molecule has 14 heavy (non-hydrogen) atoms. The molecular formula is C10H19N3O. The molecule has 0 amide bonds. The molecule has 0 radical (unpaired) electrons. The summed E-state index contributed by atoms with van der Waals surface area (Å²) in [5.41, 5.74) is 0.954. The lowest BCUT2D eigenvalue weighted by atomic mass is 10.0. The second-order valence-electron chi connectivity index (χ2n) is 4.21. The Kier molecular flexibility index (Phi) is 4.07. The molecule has 80 valence electrons. The monoisotopic (exact) mass is 197 g/mol. The van der Waals surface area contributed by atoms with E-state index in [0.29, 0.717) is 5.92 Å². The van der Waals surface area contributed by atoms with Crippen molar-refractivity contribution in [2.45, 2.75) is 39.2 Å². The number of nitrogens with zero attached hydrogens (tertiary/aromatic N) is 3. The van der Waals surface area contributed by atoms with Gasteiger partial charge in [-0.3, -0.25) is 4.68 Å². The molecule has 0 spiro atoms. The summed E-state index contributed by atoms with van der Waals surface area (Å²) in [6.45, 7) is 4.23. The number of aryl methyl sites for hydroxylation is 2. The molecule has 0 aromatic carbocycles. The molecule has 0 aliphatic rings. The minimum absolute atomic E-state index is 0.211. The first-order valence-corrected chi connectivity index (χ1v) is 5.11. The van der Waals surface area contributed by atoms with Gasteiger partial charge in [0.1, 0.15) is 0 Å². The van der Waals surface area contributed by atoms with Gasteiger partial charge in [-0.1, -0.05) is 19.1 Å². The lowest BCUT2D eigenvalue weighted by Gasteiger charge is -2.11. The fourth-order valence-electron chi connectivity index (χ4n) is 1.49. The molecule has 4 heteroatoms. The van der Waals surface area contributed by atoms with Crippen molar-refractivity contribution in [1.82, 2.24) is 15.0 Å².